The number of carbonyl (C=O) groups excluding carboxylic acids is 1. The van der Waals surface area contributed by atoms with E-state index in [0.29, 0.717) is 6.54 Å². The van der Waals surface area contributed by atoms with Crippen molar-refractivity contribution >= 4 is 29.0 Å². The van der Waals surface area contributed by atoms with Gasteiger partial charge < -0.3 is 5.32 Å². The molecule has 1 amide bonds. The van der Waals surface area contributed by atoms with Gasteiger partial charge in [0, 0.05) is 4.88 Å². The highest BCUT2D eigenvalue weighted by Crippen LogP contribution is 2.15. The minimum atomic E-state index is 0.0373. The monoisotopic (exact) mass is 229 g/mol. The molecule has 1 heterocycles. The highest BCUT2D eigenvalue weighted by Gasteiger charge is 2.10. The average Bonchev–Trinajstić information content (AvgIpc) is 2.59. The molecule has 0 bridgehead atoms. The van der Waals surface area contributed by atoms with Gasteiger partial charge in [0.15, 0.2) is 0 Å². The number of nitrogens with one attached hydrogen (secondary N) is 1. The lowest BCUT2D eigenvalue weighted by Gasteiger charge is -2.08. The van der Waals surface area contributed by atoms with Crippen LogP contribution in [0.5, 0.6) is 0 Å². The van der Waals surface area contributed by atoms with Gasteiger partial charge in [-0.15, -0.1) is 11.3 Å². The molecule has 1 rings (SSSR count). The molecule has 0 aliphatic carbocycles. The van der Waals surface area contributed by atoms with Gasteiger partial charge in [-0.2, -0.15) is 11.8 Å². The number of amides is 1. The summed E-state index contributed by atoms with van der Waals surface area (Å²) < 4.78 is 0. The highest BCUT2D eigenvalue weighted by molar-refractivity contribution is 7.99. The molecule has 1 unspecified atom stereocenters. The fraction of sp³-hybridized carbons (Fsp3) is 0.500. The zero-order chi connectivity index (χ0) is 10.6. The Morgan fingerprint density at radius 3 is 2.93 bits per heavy atom. The number of hydrogen-bond acceptors (Lipinski definition) is 3. The molecule has 1 aromatic heterocycles. The summed E-state index contributed by atoms with van der Waals surface area (Å²) in [5, 5.41) is 5.01. The first-order chi connectivity index (χ1) is 6.65. The molecule has 0 aliphatic rings. The summed E-state index contributed by atoms with van der Waals surface area (Å²) in [5.74, 6) is 0.116. The molecule has 0 spiro atoms. The van der Waals surface area contributed by atoms with Crippen molar-refractivity contribution in [2.24, 2.45) is 0 Å². The van der Waals surface area contributed by atoms with Crippen molar-refractivity contribution in [2.75, 3.05) is 6.26 Å². The van der Waals surface area contributed by atoms with Gasteiger partial charge in [0.05, 0.1) is 11.8 Å². The van der Waals surface area contributed by atoms with Gasteiger partial charge in [0.2, 0.25) is 5.91 Å². The smallest absolute Gasteiger partial charge is 0.233 e. The van der Waals surface area contributed by atoms with Crippen molar-refractivity contribution in [1.82, 2.24) is 5.32 Å². The van der Waals surface area contributed by atoms with Gasteiger partial charge in [-0.25, -0.2) is 0 Å². The molecule has 0 saturated carbocycles. The molecule has 1 atom stereocenters. The van der Waals surface area contributed by atoms with E-state index in [9.17, 15) is 4.79 Å². The van der Waals surface area contributed by atoms with Crippen LogP contribution in [0.15, 0.2) is 11.4 Å². The van der Waals surface area contributed by atoms with Crippen LogP contribution >= 0.6 is 23.1 Å². The van der Waals surface area contributed by atoms with E-state index in [0.717, 1.165) is 0 Å². The maximum Gasteiger partial charge on any atom is 0.233 e. The molecule has 14 heavy (non-hydrogen) atoms. The lowest BCUT2D eigenvalue weighted by Crippen LogP contribution is -2.30. The number of rotatable bonds is 4. The van der Waals surface area contributed by atoms with Crippen LogP contribution in [0.2, 0.25) is 0 Å². The molecule has 0 fully saturated rings. The molecule has 1 N–H and O–H groups in total. The third-order valence-electron chi connectivity index (χ3n) is 2.11. The van der Waals surface area contributed by atoms with E-state index in [-0.39, 0.29) is 11.2 Å². The van der Waals surface area contributed by atoms with Crippen LogP contribution in [0.4, 0.5) is 0 Å². The molecule has 2 nitrogen and oxygen atoms in total. The van der Waals surface area contributed by atoms with Crippen LogP contribution in [0, 0.1) is 6.92 Å². The number of thiophene rings is 1. The van der Waals surface area contributed by atoms with Crippen molar-refractivity contribution in [3.05, 3.63) is 21.9 Å². The molecule has 4 heteroatoms. The fourth-order valence-corrected chi connectivity index (χ4v) is 2.15. The average molecular weight is 229 g/mol. The quantitative estimate of drug-likeness (QED) is 0.859. The number of hydrogen-bond donors (Lipinski definition) is 1. The third-order valence-corrected chi connectivity index (χ3v) is 4.06. The molecular formula is C10H15NOS2. The molecule has 0 radical (unpaired) electrons. The fourth-order valence-electron chi connectivity index (χ4n) is 1.00. The zero-order valence-electron chi connectivity index (χ0n) is 8.66. The van der Waals surface area contributed by atoms with Crippen molar-refractivity contribution in [3.8, 4) is 0 Å². The van der Waals surface area contributed by atoms with E-state index < -0.39 is 0 Å². The molecule has 0 aromatic carbocycles. The second-order valence-corrected chi connectivity index (χ2v) is 5.30. The van der Waals surface area contributed by atoms with Crippen LogP contribution in [-0.2, 0) is 11.3 Å². The first-order valence-electron chi connectivity index (χ1n) is 4.48. The minimum Gasteiger partial charge on any atom is -0.350 e. The van der Waals surface area contributed by atoms with Crippen molar-refractivity contribution in [2.45, 2.75) is 25.6 Å². The Kier molecular flexibility index (Phi) is 4.48. The molecule has 0 saturated heterocycles. The van der Waals surface area contributed by atoms with E-state index in [1.54, 1.807) is 23.1 Å². The van der Waals surface area contributed by atoms with Crippen LogP contribution in [0.25, 0.3) is 0 Å². The largest absolute Gasteiger partial charge is 0.350 e. The summed E-state index contributed by atoms with van der Waals surface area (Å²) in [6.45, 7) is 4.64. The third kappa shape index (κ3) is 3.03. The summed E-state index contributed by atoms with van der Waals surface area (Å²) >= 11 is 3.25. The lowest BCUT2D eigenvalue weighted by atomic mass is 10.3. The van der Waals surface area contributed by atoms with Crippen LogP contribution in [-0.4, -0.2) is 17.4 Å². The predicted molar refractivity (Wildman–Crippen MR) is 63.9 cm³/mol. The molecule has 0 aliphatic heterocycles. The molecule has 78 valence electrons. The summed E-state index contributed by atoms with van der Waals surface area (Å²) in [6, 6.07) is 2.07. The second-order valence-electron chi connectivity index (χ2n) is 3.12. The van der Waals surface area contributed by atoms with E-state index in [1.807, 2.05) is 13.2 Å². The maximum atomic E-state index is 11.5. The van der Waals surface area contributed by atoms with Crippen LogP contribution < -0.4 is 5.32 Å². The standard InChI is InChI=1S/C10H15NOS2/c1-7-4-5-14-9(7)6-11-10(12)8(2)13-3/h4-5,8H,6H2,1-3H3,(H,11,12). The molecule has 1 aromatic rings. The van der Waals surface area contributed by atoms with Crippen molar-refractivity contribution in [1.29, 1.82) is 0 Å². The Morgan fingerprint density at radius 2 is 2.43 bits per heavy atom. The Hall–Kier alpha value is -0.480. The first kappa shape index (κ1) is 11.6. The summed E-state index contributed by atoms with van der Waals surface area (Å²) in [6.07, 6.45) is 1.95. The Balaban J connectivity index is 2.41. The Labute approximate surface area is 93.1 Å². The maximum absolute atomic E-state index is 11.5. The Morgan fingerprint density at radius 1 is 1.71 bits per heavy atom. The van der Waals surface area contributed by atoms with E-state index >= 15 is 0 Å². The van der Waals surface area contributed by atoms with Gasteiger partial charge in [0.25, 0.3) is 0 Å². The Bertz CT molecular complexity index is 309. The SMILES string of the molecule is CSC(C)C(=O)NCc1sccc1C. The van der Waals surface area contributed by atoms with E-state index in [4.69, 9.17) is 0 Å². The van der Waals surface area contributed by atoms with Gasteiger partial charge in [0.1, 0.15) is 0 Å². The van der Waals surface area contributed by atoms with Gasteiger partial charge in [-0.05, 0) is 37.1 Å². The topological polar surface area (TPSA) is 29.1 Å². The van der Waals surface area contributed by atoms with E-state index in [1.165, 1.54) is 10.4 Å². The number of aryl methyl sites for hydroxylation is 1. The van der Waals surface area contributed by atoms with Crippen LogP contribution in [0.1, 0.15) is 17.4 Å². The van der Waals surface area contributed by atoms with Crippen LogP contribution in [0.3, 0.4) is 0 Å². The predicted octanol–water partition coefficient (Wildman–Crippen LogP) is 2.42. The summed E-state index contributed by atoms with van der Waals surface area (Å²) in [5.41, 5.74) is 1.26. The summed E-state index contributed by atoms with van der Waals surface area (Å²) in [7, 11) is 0. The minimum absolute atomic E-state index is 0.0373. The highest BCUT2D eigenvalue weighted by atomic mass is 32.2. The van der Waals surface area contributed by atoms with Gasteiger partial charge >= 0.3 is 0 Å². The number of thioether (sulfide) groups is 1. The number of carbonyl (C=O) groups is 1. The normalized spacial score (nSPS) is 12.5. The zero-order valence-corrected chi connectivity index (χ0v) is 10.3. The second kappa shape index (κ2) is 5.41. The first-order valence-corrected chi connectivity index (χ1v) is 6.65. The lowest BCUT2D eigenvalue weighted by molar-refractivity contribution is -0.120. The summed E-state index contributed by atoms with van der Waals surface area (Å²) in [4.78, 5) is 12.7. The van der Waals surface area contributed by atoms with Crippen molar-refractivity contribution in [3.63, 3.8) is 0 Å². The van der Waals surface area contributed by atoms with Crippen molar-refractivity contribution < 1.29 is 4.79 Å². The van der Waals surface area contributed by atoms with Gasteiger partial charge in [-0.1, -0.05) is 0 Å². The van der Waals surface area contributed by atoms with Gasteiger partial charge in [-0.3, -0.25) is 4.79 Å². The molecular weight excluding hydrogens is 214 g/mol. The van der Waals surface area contributed by atoms with E-state index in [2.05, 4.69) is 23.7 Å².